The number of carbonyl (C=O) groups excluding carboxylic acids is 1. The van der Waals surface area contributed by atoms with Crippen molar-refractivity contribution in [3.05, 3.63) is 44.7 Å². The lowest BCUT2D eigenvalue weighted by molar-refractivity contribution is 0.102. The molecule has 0 aliphatic carbocycles. The van der Waals surface area contributed by atoms with E-state index in [1.807, 2.05) is 30.5 Å². The van der Waals surface area contributed by atoms with Crippen LogP contribution in [0.25, 0.3) is 0 Å². The first-order valence-corrected chi connectivity index (χ1v) is 6.88. The number of thiophene rings is 1. The van der Waals surface area contributed by atoms with E-state index in [9.17, 15) is 4.79 Å². The number of aryl methyl sites for hydroxylation is 1. The number of nitrogens with one attached hydrogen (secondary N) is 1. The number of nitrogens with zero attached hydrogens (tertiary/aromatic N) is 1. The highest BCUT2D eigenvalue weighted by atomic mass is 79.9. The van der Waals surface area contributed by atoms with Gasteiger partial charge in [-0.15, -0.1) is 11.3 Å². The highest BCUT2D eigenvalue weighted by molar-refractivity contribution is 9.10. The number of hydrogen-bond acceptors (Lipinski definition) is 3. The van der Waals surface area contributed by atoms with Crippen molar-refractivity contribution in [2.45, 2.75) is 13.3 Å². The maximum Gasteiger partial charge on any atom is 0.267 e. The molecule has 0 unspecified atom stereocenters. The van der Waals surface area contributed by atoms with Crippen molar-refractivity contribution in [1.82, 2.24) is 4.98 Å². The maximum absolute atomic E-state index is 12.0. The molecule has 0 bridgehead atoms. The zero-order chi connectivity index (χ0) is 12.3. The number of anilines is 1. The zero-order valence-corrected chi connectivity index (χ0v) is 11.6. The molecule has 2 aromatic heterocycles. The molecule has 17 heavy (non-hydrogen) atoms. The minimum absolute atomic E-state index is 0.101. The molecule has 0 saturated carbocycles. The van der Waals surface area contributed by atoms with Crippen LogP contribution in [0.5, 0.6) is 0 Å². The number of halogens is 1. The lowest BCUT2D eigenvalue weighted by Crippen LogP contribution is -2.13. The van der Waals surface area contributed by atoms with Crippen LogP contribution >= 0.6 is 27.3 Å². The zero-order valence-electron chi connectivity index (χ0n) is 9.24. The van der Waals surface area contributed by atoms with E-state index in [1.54, 1.807) is 6.20 Å². The van der Waals surface area contributed by atoms with Gasteiger partial charge in [0, 0.05) is 6.20 Å². The summed E-state index contributed by atoms with van der Waals surface area (Å²) in [6.45, 7) is 2.04. The minimum Gasteiger partial charge on any atom is -0.305 e. The fourth-order valence-electron chi connectivity index (χ4n) is 1.46. The highest BCUT2D eigenvalue weighted by Gasteiger charge is 2.13. The monoisotopic (exact) mass is 310 g/mol. The number of amides is 1. The fraction of sp³-hybridized carbons (Fsp3) is 0.167. The van der Waals surface area contributed by atoms with Gasteiger partial charge in [-0.3, -0.25) is 4.79 Å². The predicted molar refractivity (Wildman–Crippen MR) is 73.6 cm³/mol. The molecule has 2 aromatic rings. The van der Waals surface area contributed by atoms with Gasteiger partial charge in [-0.1, -0.05) is 6.92 Å². The van der Waals surface area contributed by atoms with Gasteiger partial charge < -0.3 is 5.32 Å². The number of carbonyl (C=O) groups is 1. The third-order valence-electron chi connectivity index (χ3n) is 2.32. The first-order valence-electron chi connectivity index (χ1n) is 5.20. The van der Waals surface area contributed by atoms with Crippen molar-refractivity contribution in [2.75, 3.05) is 5.32 Å². The van der Waals surface area contributed by atoms with Crippen molar-refractivity contribution >= 4 is 39.0 Å². The second kappa shape index (κ2) is 5.42. The van der Waals surface area contributed by atoms with Gasteiger partial charge in [0.25, 0.3) is 5.91 Å². The van der Waals surface area contributed by atoms with Crippen LogP contribution in [0.15, 0.2) is 34.2 Å². The van der Waals surface area contributed by atoms with Crippen molar-refractivity contribution in [1.29, 1.82) is 0 Å². The Morgan fingerprint density at radius 2 is 2.35 bits per heavy atom. The van der Waals surface area contributed by atoms with Crippen LogP contribution in [-0.4, -0.2) is 10.9 Å². The molecule has 1 N–H and O–H groups in total. The summed E-state index contributed by atoms with van der Waals surface area (Å²) in [4.78, 5) is 16.9. The molecular weight excluding hydrogens is 300 g/mol. The average molecular weight is 311 g/mol. The molecule has 0 atom stereocenters. The lowest BCUT2D eigenvalue weighted by Gasteiger charge is -2.05. The van der Waals surface area contributed by atoms with Crippen molar-refractivity contribution in [3.63, 3.8) is 0 Å². The molecule has 0 spiro atoms. The Labute approximate surface area is 112 Å². The molecule has 0 aliphatic rings. The van der Waals surface area contributed by atoms with Gasteiger partial charge in [-0.2, -0.15) is 0 Å². The summed E-state index contributed by atoms with van der Waals surface area (Å²) in [6, 6.07) is 5.63. The molecule has 0 aliphatic heterocycles. The van der Waals surface area contributed by atoms with E-state index >= 15 is 0 Å². The average Bonchev–Trinajstić information content (AvgIpc) is 2.80. The third kappa shape index (κ3) is 2.73. The fourth-order valence-corrected chi connectivity index (χ4v) is 2.70. The third-order valence-corrected chi connectivity index (χ3v) is 3.92. The Bertz CT molecular complexity index is 539. The number of hydrogen-bond donors (Lipinski definition) is 1. The van der Waals surface area contributed by atoms with E-state index in [0.717, 1.165) is 21.3 Å². The van der Waals surface area contributed by atoms with Gasteiger partial charge in [0.05, 0.1) is 9.35 Å². The summed E-state index contributed by atoms with van der Waals surface area (Å²) in [7, 11) is 0. The normalized spacial score (nSPS) is 10.2. The number of pyridine rings is 1. The van der Waals surface area contributed by atoms with E-state index in [0.29, 0.717) is 5.82 Å². The van der Waals surface area contributed by atoms with E-state index in [1.165, 1.54) is 11.3 Å². The molecular formula is C12H11BrN2OS. The van der Waals surface area contributed by atoms with Gasteiger partial charge in [-0.25, -0.2) is 4.98 Å². The summed E-state index contributed by atoms with van der Waals surface area (Å²) >= 11 is 4.80. The Morgan fingerprint density at radius 1 is 1.53 bits per heavy atom. The summed E-state index contributed by atoms with van der Waals surface area (Å²) in [5.41, 5.74) is 1.07. The molecule has 3 nitrogen and oxygen atoms in total. The SMILES string of the molecule is CCc1ccsc1C(=O)Nc1ncccc1Br. The summed E-state index contributed by atoms with van der Waals surface area (Å²) in [5, 5.41) is 4.73. The standard InChI is InChI=1S/C12H11BrN2OS/c1-2-8-5-7-17-10(8)12(16)15-11-9(13)4-3-6-14-11/h3-7H,2H2,1H3,(H,14,15,16). The minimum atomic E-state index is -0.101. The topological polar surface area (TPSA) is 42.0 Å². The molecule has 88 valence electrons. The summed E-state index contributed by atoms with van der Waals surface area (Å²) in [5.74, 6) is 0.448. The molecule has 1 amide bonds. The van der Waals surface area contributed by atoms with Gasteiger partial charge in [-0.05, 0) is 51.5 Å². The van der Waals surface area contributed by atoms with Crippen LogP contribution in [0, 0.1) is 0 Å². The van der Waals surface area contributed by atoms with Crippen LogP contribution in [0.4, 0.5) is 5.82 Å². The predicted octanol–water partition coefficient (Wildman–Crippen LogP) is 3.72. The molecule has 2 rings (SSSR count). The van der Waals surface area contributed by atoms with E-state index < -0.39 is 0 Å². The van der Waals surface area contributed by atoms with Crippen LogP contribution in [0.3, 0.4) is 0 Å². The summed E-state index contributed by atoms with van der Waals surface area (Å²) < 4.78 is 0.781. The number of rotatable bonds is 3. The van der Waals surface area contributed by atoms with Crippen molar-refractivity contribution in [2.24, 2.45) is 0 Å². The Morgan fingerprint density at radius 3 is 3.06 bits per heavy atom. The van der Waals surface area contributed by atoms with Gasteiger partial charge in [0.15, 0.2) is 0 Å². The second-order valence-corrected chi connectivity index (χ2v) is 5.19. The maximum atomic E-state index is 12.0. The van der Waals surface area contributed by atoms with Crippen molar-refractivity contribution < 1.29 is 4.79 Å². The molecule has 0 saturated heterocycles. The molecule has 0 aromatic carbocycles. The summed E-state index contributed by atoms with van der Waals surface area (Å²) in [6.07, 6.45) is 2.51. The Balaban J connectivity index is 2.20. The van der Waals surface area contributed by atoms with Gasteiger partial charge in [0.2, 0.25) is 0 Å². The quantitative estimate of drug-likeness (QED) is 0.938. The first kappa shape index (κ1) is 12.3. The van der Waals surface area contributed by atoms with Crippen LogP contribution in [-0.2, 0) is 6.42 Å². The Hall–Kier alpha value is -1.20. The van der Waals surface area contributed by atoms with Crippen LogP contribution in [0.1, 0.15) is 22.2 Å². The molecule has 0 fully saturated rings. The first-order chi connectivity index (χ1) is 8.22. The van der Waals surface area contributed by atoms with E-state index in [2.05, 4.69) is 26.2 Å². The smallest absolute Gasteiger partial charge is 0.267 e. The van der Waals surface area contributed by atoms with Crippen molar-refractivity contribution in [3.8, 4) is 0 Å². The second-order valence-electron chi connectivity index (χ2n) is 3.42. The molecule has 5 heteroatoms. The van der Waals surface area contributed by atoms with Gasteiger partial charge in [0.1, 0.15) is 5.82 Å². The largest absolute Gasteiger partial charge is 0.305 e. The van der Waals surface area contributed by atoms with E-state index in [4.69, 9.17) is 0 Å². The highest BCUT2D eigenvalue weighted by Crippen LogP contribution is 2.22. The van der Waals surface area contributed by atoms with Crippen LogP contribution < -0.4 is 5.32 Å². The van der Waals surface area contributed by atoms with Crippen LogP contribution in [0.2, 0.25) is 0 Å². The lowest BCUT2D eigenvalue weighted by atomic mass is 10.2. The number of aromatic nitrogens is 1. The molecule has 0 radical (unpaired) electrons. The Kier molecular flexibility index (Phi) is 3.91. The molecule has 2 heterocycles. The van der Waals surface area contributed by atoms with Gasteiger partial charge >= 0.3 is 0 Å². The van der Waals surface area contributed by atoms with E-state index in [-0.39, 0.29) is 5.91 Å².